The highest BCUT2D eigenvalue weighted by Gasteiger charge is 1.94. The highest BCUT2D eigenvalue weighted by molar-refractivity contribution is 5.85. The minimum absolute atomic E-state index is 0. The van der Waals surface area contributed by atoms with Crippen molar-refractivity contribution in [1.29, 1.82) is 0 Å². The minimum Gasteiger partial charge on any atom is -0.147 e. The first-order valence-electron chi connectivity index (χ1n) is 12.1. The van der Waals surface area contributed by atoms with Crippen LogP contribution in [0.15, 0.2) is 69.9 Å². The van der Waals surface area contributed by atoms with Gasteiger partial charge in [-0.25, -0.2) is 0 Å². The SMILES string of the molecule is CC(C)=CCC/C(C)=C/CC/C(C)=C/CC/C=C(\C)CC/C=C(\C)CCC=C(C)C.Cl. The molecule has 0 aromatic heterocycles. The molecule has 0 amide bonds. The predicted octanol–water partition coefficient (Wildman–Crippen LogP) is 11.0. The van der Waals surface area contributed by atoms with Gasteiger partial charge in [0.05, 0.1) is 0 Å². The molecule has 0 saturated carbocycles. The maximum absolute atomic E-state index is 2.43. The van der Waals surface area contributed by atoms with E-state index in [9.17, 15) is 0 Å². The van der Waals surface area contributed by atoms with Crippen molar-refractivity contribution in [3.05, 3.63) is 69.9 Å². The van der Waals surface area contributed by atoms with Crippen molar-refractivity contribution >= 4 is 12.4 Å². The van der Waals surface area contributed by atoms with Crippen LogP contribution in [0.4, 0.5) is 0 Å². The molecule has 0 atom stereocenters. The lowest BCUT2D eigenvalue weighted by Gasteiger charge is -2.02. The van der Waals surface area contributed by atoms with Gasteiger partial charge in [0.15, 0.2) is 0 Å². The normalized spacial score (nSPS) is 13.0. The number of halogens is 1. The van der Waals surface area contributed by atoms with Gasteiger partial charge in [-0.05, 0) is 120 Å². The van der Waals surface area contributed by atoms with Crippen molar-refractivity contribution in [2.75, 3.05) is 0 Å². The fourth-order valence-corrected chi connectivity index (χ4v) is 3.34. The standard InChI is InChI=1S/C30H50.ClH/c1-25(2)15-11-19-29(7)23-13-21-27(5)17-9-10-18-28(6)22-14-24-30(8)20-12-16-26(3)4;/h15-18,23-24H,9-14,19-22H2,1-8H3;1H/b27-17+,28-18+,29-23+,30-24+;. The van der Waals surface area contributed by atoms with E-state index in [1.54, 1.807) is 0 Å². The molecule has 0 aliphatic heterocycles. The van der Waals surface area contributed by atoms with E-state index in [1.807, 2.05) is 0 Å². The smallest absolute Gasteiger partial charge is 0.0288 e. The van der Waals surface area contributed by atoms with Crippen LogP contribution in [0.5, 0.6) is 0 Å². The van der Waals surface area contributed by atoms with E-state index in [2.05, 4.69) is 91.8 Å². The molecule has 0 unspecified atom stereocenters. The molecule has 31 heavy (non-hydrogen) atoms. The van der Waals surface area contributed by atoms with Gasteiger partial charge in [-0.15, -0.1) is 12.4 Å². The second kappa shape index (κ2) is 20.6. The molecule has 0 aliphatic rings. The molecule has 0 aromatic carbocycles. The highest BCUT2D eigenvalue weighted by atomic mass is 35.5. The van der Waals surface area contributed by atoms with E-state index >= 15 is 0 Å². The van der Waals surface area contributed by atoms with Gasteiger partial charge in [0, 0.05) is 0 Å². The zero-order valence-electron chi connectivity index (χ0n) is 21.9. The van der Waals surface area contributed by atoms with Gasteiger partial charge in [0.2, 0.25) is 0 Å². The van der Waals surface area contributed by atoms with E-state index in [0.717, 1.165) is 0 Å². The first-order valence-corrected chi connectivity index (χ1v) is 12.1. The summed E-state index contributed by atoms with van der Waals surface area (Å²) < 4.78 is 0. The second-order valence-electron chi connectivity index (χ2n) is 9.50. The number of hydrogen-bond donors (Lipinski definition) is 0. The molecule has 1 heteroatoms. The summed E-state index contributed by atoms with van der Waals surface area (Å²) in [5, 5.41) is 0. The van der Waals surface area contributed by atoms with E-state index in [4.69, 9.17) is 0 Å². The van der Waals surface area contributed by atoms with Gasteiger partial charge in [0.25, 0.3) is 0 Å². The molecule has 0 fully saturated rings. The van der Waals surface area contributed by atoms with Crippen molar-refractivity contribution in [2.24, 2.45) is 0 Å². The van der Waals surface area contributed by atoms with Crippen LogP contribution in [-0.2, 0) is 0 Å². The first-order chi connectivity index (χ1) is 14.2. The monoisotopic (exact) mass is 446 g/mol. The molecular weight excluding hydrogens is 396 g/mol. The quantitative estimate of drug-likeness (QED) is 0.173. The lowest BCUT2D eigenvalue weighted by molar-refractivity contribution is 0.896. The Hall–Kier alpha value is -1.27. The Balaban J connectivity index is 0. The number of allylic oxidation sites excluding steroid dienone is 12. The largest absolute Gasteiger partial charge is 0.147 e. The Labute approximate surface area is 201 Å². The zero-order valence-corrected chi connectivity index (χ0v) is 22.8. The van der Waals surface area contributed by atoms with Crippen LogP contribution in [0.3, 0.4) is 0 Å². The van der Waals surface area contributed by atoms with Gasteiger partial charge < -0.3 is 0 Å². The summed E-state index contributed by atoms with van der Waals surface area (Å²) in [7, 11) is 0. The van der Waals surface area contributed by atoms with Gasteiger partial charge in [0.1, 0.15) is 0 Å². The Morgan fingerprint density at radius 2 is 0.581 bits per heavy atom. The molecule has 0 spiro atoms. The van der Waals surface area contributed by atoms with E-state index in [0.29, 0.717) is 0 Å². The average molecular weight is 447 g/mol. The fourth-order valence-electron chi connectivity index (χ4n) is 3.34. The van der Waals surface area contributed by atoms with Crippen molar-refractivity contribution in [3.8, 4) is 0 Å². The third kappa shape index (κ3) is 23.2. The highest BCUT2D eigenvalue weighted by Crippen LogP contribution is 2.14. The summed E-state index contributed by atoms with van der Waals surface area (Å²) in [5.41, 5.74) is 8.97. The maximum Gasteiger partial charge on any atom is -0.0288 e. The summed E-state index contributed by atoms with van der Waals surface area (Å²) in [6, 6.07) is 0. The summed E-state index contributed by atoms with van der Waals surface area (Å²) in [6.45, 7) is 17.8. The molecule has 0 saturated heterocycles. The topological polar surface area (TPSA) is 0 Å². The number of unbranched alkanes of at least 4 members (excludes halogenated alkanes) is 1. The molecular formula is C30H51Cl. The molecule has 0 nitrogen and oxygen atoms in total. The Morgan fingerprint density at radius 1 is 0.355 bits per heavy atom. The summed E-state index contributed by atoms with van der Waals surface area (Å²) in [5.74, 6) is 0. The van der Waals surface area contributed by atoms with Crippen LogP contribution in [0.25, 0.3) is 0 Å². The van der Waals surface area contributed by atoms with Crippen LogP contribution in [0.2, 0.25) is 0 Å². The molecule has 0 aliphatic carbocycles. The Morgan fingerprint density at radius 3 is 0.839 bits per heavy atom. The van der Waals surface area contributed by atoms with Crippen molar-refractivity contribution < 1.29 is 0 Å². The molecule has 178 valence electrons. The van der Waals surface area contributed by atoms with E-state index in [-0.39, 0.29) is 12.4 Å². The molecule has 0 radical (unpaired) electrons. The predicted molar refractivity (Wildman–Crippen MR) is 147 cm³/mol. The number of rotatable bonds is 15. The van der Waals surface area contributed by atoms with Gasteiger partial charge in [-0.2, -0.15) is 0 Å². The molecule has 0 aromatic rings. The fraction of sp³-hybridized carbons (Fsp3) is 0.600. The Kier molecular flexibility index (Phi) is 21.2. The minimum atomic E-state index is 0. The van der Waals surface area contributed by atoms with Crippen LogP contribution in [0, 0.1) is 0 Å². The van der Waals surface area contributed by atoms with Crippen LogP contribution < -0.4 is 0 Å². The van der Waals surface area contributed by atoms with Crippen LogP contribution in [0.1, 0.15) is 120 Å². The van der Waals surface area contributed by atoms with E-state index in [1.165, 1.54) is 97.6 Å². The molecule has 0 heterocycles. The summed E-state index contributed by atoms with van der Waals surface area (Å²) >= 11 is 0. The lowest BCUT2D eigenvalue weighted by Crippen LogP contribution is -1.82. The maximum atomic E-state index is 2.43. The van der Waals surface area contributed by atoms with E-state index < -0.39 is 0 Å². The molecule has 0 bridgehead atoms. The first kappa shape index (κ1) is 31.9. The third-order valence-corrected chi connectivity index (χ3v) is 5.40. The third-order valence-electron chi connectivity index (χ3n) is 5.40. The lowest BCUT2D eigenvalue weighted by atomic mass is 10.0. The van der Waals surface area contributed by atoms with Crippen molar-refractivity contribution in [3.63, 3.8) is 0 Å². The van der Waals surface area contributed by atoms with Gasteiger partial charge in [-0.1, -0.05) is 69.9 Å². The number of hydrogen-bond acceptors (Lipinski definition) is 0. The summed E-state index contributed by atoms with van der Waals surface area (Å²) in [6.07, 6.45) is 26.2. The second-order valence-corrected chi connectivity index (χ2v) is 9.50. The van der Waals surface area contributed by atoms with Crippen LogP contribution >= 0.6 is 12.4 Å². The summed E-state index contributed by atoms with van der Waals surface area (Å²) in [4.78, 5) is 0. The Bertz CT molecular complexity index is 584. The van der Waals surface area contributed by atoms with Gasteiger partial charge in [-0.3, -0.25) is 0 Å². The molecule has 0 rings (SSSR count). The van der Waals surface area contributed by atoms with Crippen LogP contribution in [-0.4, -0.2) is 0 Å². The zero-order chi connectivity index (χ0) is 22.8. The van der Waals surface area contributed by atoms with Crippen molar-refractivity contribution in [2.45, 2.75) is 120 Å². The van der Waals surface area contributed by atoms with Gasteiger partial charge >= 0.3 is 0 Å². The molecule has 0 N–H and O–H groups in total. The average Bonchev–Trinajstić information content (AvgIpc) is 2.64. The van der Waals surface area contributed by atoms with Crippen molar-refractivity contribution in [1.82, 2.24) is 0 Å².